The highest BCUT2D eigenvalue weighted by Gasteiger charge is 2.51. The molecule has 1 heterocycles. The fraction of sp³-hybridized carbons (Fsp3) is 0.625. The number of halogens is 1. The minimum atomic E-state index is -0.496. The Balaban J connectivity index is 2.16. The van der Waals surface area contributed by atoms with Gasteiger partial charge in [0.2, 0.25) is 0 Å². The van der Waals surface area contributed by atoms with E-state index in [0.717, 1.165) is 18.3 Å². The predicted octanol–water partition coefficient (Wildman–Crippen LogP) is 3.30. The fourth-order valence-electron chi connectivity index (χ4n) is 2.08. The molecule has 1 aliphatic heterocycles. The second-order valence-corrected chi connectivity index (χ2v) is 6.48. The first-order valence-corrected chi connectivity index (χ1v) is 7.55. The van der Waals surface area contributed by atoms with Gasteiger partial charge in [-0.1, -0.05) is 19.4 Å². The molecule has 116 valence electrons. The zero-order valence-corrected chi connectivity index (χ0v) is 13.5. The normalized spacial score (nSPS) is 19.8. The van der Waals surface area contributed by atoms with Crippen LogP contribution >= 0.6 is 0 Å². The van der Waals surface area contributed by atoms with Crippen LogP contribution in [-0.4, -0.2) is 24.9 Å². The molecule has 0 bridgehead atoms. The van der Waals surface area contributed by atoms with Gasteiger partial charge in [-0.15, -0.1) is 0 Å². The maximum absolute atomic E-state index is 13.8. The van der Waals surface area contributed by atoms with Crippen molar-refractivity contribution in [2.45, 2.75) is 58.7 Å². The summed E-state index contributed by atoms with van der Waals surface area (Å²) in [5.41, 5.74) is -0.0357. The third-order valence-corrected chi connectivity index (χ3v) is 4.24. The molecule has 0 unspecified atom stereocenters. The molecule has 1 fully saturated rings. The van der Waals surface area contributed by atoms with E-state index in [1.807, 2.05) is 27.7 Å². The Bertz CT molecular complexity index is 486. The van der Waals surface area contributed by atoms with Gasteiger partial charge >= 0.3 is 7.12 Å². The van der Waals surface area contributed by atoms with Crippen LogP contribution in [0.5, 0.6) is 5.75 Å². The molecule has 1 aliphatic rings. The van der Waals surface area contributed by atoms with E-state index >= 15 is 0 Å². The van der Waals surface area contributed by atoms with Crippen LogP contribution in [0.2, 0.25) is 0 Å². The molecule has 1 saturated heterocycles. The molecular weight excluding hydrogens is 270 g/mol. The smallest absolute Gasteiger partial charge is 0.491 e. The summed E-state index contributed by atoms with van der Waals surface area (Å²) < 4.78 is 31.2. The predicted molar refractivity (Wildman–Crippen MR) is 82.5 cm³/mol. The summed E-state index contributed by atoms with van der Waals surface area (Å²) in [5.74, 6) is -0.0953. The van der Waals surface area contributed by atoms with E-state index in [1.165, 1.54) is 6.07 Å². The van der Waals surface area contributed by atoms with Crippen molar-refractivity contribution in [3.63, 3.8) is 0 Å². The molecule has 1 aromatic rings. The average molecular weight is 294 g/mol. The first kappa shape index (κ1) is 16.3. The number of unbranched alkanes of at least 4 members (excludes halogenated alkanes) is 1. The highest BCUT2D eigenvalue weighted by Crippen LogP contribution is 2.36. The van der Waals surface area contributed by atoms with Crippen molar-refractivity contribution >= 4 is 12.6 Å². The number of hydrogen-bond acceptors (Lipinski definition) is 3. The zero-order chi connectivity index (χ0) is 15.7. The number of hydrogen-bond donors (Lipinski definition) is 0. The highest BCUT2D eigenvalue weighted by atomic mass is 19.1. The van der Waals surface area contributed by atoms with E-state index in [0.29, 0.717) is 6.61 Å². The molecule has 0 aromatic heterocycles. The van der Waals surface area contributed by atoms with Crippen LogP contribution in [0.25, 0.3) is 0 Å². The van der Waals surface area contributed by atoms with E-state index in [1.54, 1.807) is 12.1 Å². The Morgan fingerprint density at radius 2 is 1.76 bits per heavy atom. The van der Waals surface area contributed by atoms with E-state index in [-0.39, 0.29) is 11.6 Å². The quantitative estimate of drug-likeness (QED) is 0.616. The number of rotatable bonds is 5. The lowest BCUT2D eigenvalue weighted by Gasteiger charge is -2.32. The van der Waals surface area contributed by atoms with Gasteiger partial charge in [0.05, 0.1) is 17.8 Å². The zero-order valence-electron chi connectivity index (χ0n) is 13.5. The molecule has 5 heteroatoms. The van der Waals surface area contributed by atoms with Crippen LogP contribution < -0.4 is 10.2 Å². The van der Waals surface area contributed by atoms with Gasteiger partial charge in [-0.2, -0.15) is 0 Å². The Kier molecular flexibility index (Phi) is 4.64. The monoisotopic (exact) mass is 294 g/mol. The second kappa shape index (κ2) is 5.97. The minimum Gasteiger partial charge on any atom is -0.491 e. The van der Waals surface area contributed by atoms with Crippen LogP contribution in [0.4, 0.5) is 4.39 Å². The maximum atomic E-state index is 13.8. The Hall–Kier alpha value is -1.07. The molecule has 0 atom stereocenters. The van der Waals surface area contributed by atoms with Crippen LogP contribution in [0.15, 0.2) is 18.2 Å². The summed E-state index contributed by atoms with van der Waals surface area (Å²) in [6.07, 6.45) is 1.92. The van der Waals surface area contributed by atoms with E-state index in [4.69, 9.17) is 14.0 Å². The summed E-state index contributed by atoms with van der Waals surface area (Å²) in [5, 5.41) is 0. The molecular formula is C16H24BFO3. The molecule has 0 amide bonds. The van der Waals surface area contributed by atoms with Crippen LogP contribution in [0.1, 0.15) is 47.5 Å². The Labute approximate surface area is 126 Å². The summed E-state index contributed by atoms with van der Waals surface area (Å²) in [6.45, 7) is 10.6. The van der Waals surface area contributed by atoms with Crippen molar-refractivity contribution in [1.82, 2.24) is 0 Å². The van der Waals surface area contributed by atoms with Crippen LogP contribution in [0.3, 0.4) is 0 Å². The third kappa shape index (κ3) is 3.41. The first-order chi connectivity index (χ1) is 9.77. The van der Waals surface area contributed by atoms with Crippen LogP contribution in [0, 0.1) is 5.82 Å². The highest BCUT2D eigenvalue weighted by molar-refractivity contribution is 6.62. The summed E-state index contributed by atoms with van der Waals surface area (Å²) in [4.78, 5) is 0. The van der Waals surface area contributed by atoms with Gasteiger partial charge < -0.3 is 14.0 Å². The van der Waals surface area contributed by atoms with Crippen molar-refractivity contribution in [1.29, 1.82) is 0 Å². The van der Waals surface area contributed by atoms with E-state index in [9.17, 15) is 4.39 Å². The lowest BCUT2D eigenvalue weighted by molar-refractivity contribution is 0.00578. The van der Waals surface area contributed by atoms with Gasteiger partial charge in [-0.25, -0.2) is 4.39 Å². The van der Waals surface area contributed by atoms with Gasteiger partial charge in [0.1, 0.15) is 0 Å². The van der Waals surface area contributed by atoms with Gasteiger partial charge in [-0.3, -0.25) is 0 Å². The van der Waals surface area contributed by atoms with Gasteiger partial charge in [0.15, 0.2) is 11.6 Å². The van der Waals surface area contributed by atoms with Crippen molar-refractivity contribution < 1.29 is 18.4 Å². The Morgan fingerprint density at radius 3 is 2.33 bits per heavy atom. The number of ether oxygens (including phenoxy) is 1. The average Bonchev–Trinajstić information content (AvgIpc) is 2.61. The van der Waals surface area contributed by atoms with E-state index in [2.05, 4.69) is 6.92 Å². The van der Waals surface area contributed by atoms with Crippen LogP contribution in [-0.2, 0) is 9.31 Å². The minimum absolute atomic E-state index is 0.260. The summed E-state index contributed by atoms with van der Waals surface area (Å²) in [6, 6.07) is 4.76. The SMILES string of the molecule is CCCCOc1cc(B2OC(C)(C)C(C)(C)O2)ccc1F. The molecule has 2 rings (SSSR count). The van der Waals surface area contributed by atoms with Crippen molar-refractivity contribution in [2.24, 2.45) is 0 Å². The van der Waals surface area contributed by atoms with Gasteiger partial charge in [0, 0.05) is 0 Å². The molecule has 21 heavy (non-hydrogen) atoms. The maximum Gasteiger partial charge on any atom is 0.494 e. The molecule has 0 N–H and O–H groups in total. The molecule has 0 spiro atoms. The second-order valence-electron chi connectivity index (χ2n) is 6.48. The first-order valence-electron chi connectivity index (χ1n) is 7.55. The van der Waals surface area contributed by atoms with Crippen molar-refractivity contribution in [3.05, 3.63) is 24.0 Å². The topological polar surface area (TPSA) is 27.7 Å². The Morgan fingerprint density at radius 1 is 1.14 bits per heavy atom. The lowest BCUT2D eigenvalue weighted by atomic mass is 9.79. The third-order valence-electron chi connectivity index (χ3n) is 4.24. The summed E-state index contributed by atoms with van der Waals surface area (Å²) in [7, 11) is -0.496. The number of benzene rings is 1. The van der Waals surface area contributed by atoms with E-state index < -0.39 is 18.3 Å². The molecule has 3 nitrogen and oxygen atoms in total. The molecule has 0 radical (unpaired) electrons. The van der Waals surface area contributed by atoms with Gasteiger partial charge in [0.25, 0.3) is 0 Å². The molecule has 0 saturated carbocycles. The largest absolute Gasteiger partial charge is 0.494 e. The standard InChI is InChI=1S/C16H24BFO3/c1-6-7-10-19-14-11-12(8-9-13(14)18)17-20-15(2,3)16(4,5)21-17/h8-9,11H,6-7,10H2,1-5H3. The van der Waals surface area contributed by atoms with Gasteiger partial charge in [-0.05, 0) is 51.7 Å². The molecule has 0 aliphatic carbocycles. The fourth-order valence-corrected chi connectivity index (χ4v) is 2.08. The molecule has 1 aromatic carbocycles. The lowest BCUT2D eigenvalue weighted by Crippen LogP contribution is -2.41. The summed E-state index contributed by atoms with van der Waals surface area (Å²) >= 11 is 0. The van der Waals surface area contributed by atoms with Crippen molar-refractivity contribution in [3.8, 4) is 5.75 Å². The van der Waals surface area contributed by atoms with Crippen molar-refractivity contribution in [2.75, 3.05) is 6.61 Å².